The summed E-state index contributed by atoms with van der Waals surface area (Å²) in [5.41, 5.74) is 4.55. The molecule has 160 valence electrons. The van der Waals surface area contributed by atoms with Crippen LogP contribution in [0.3, 0.4) is 0 Å². The molecule has 1 atom stereocenters. The Kier molecular flexibility index (Phi) is 5.84. The third-order valence-corrected chi connectivity index (χ3v) is 5.71. The van der Waals surface area contributed by atoms with Gasteiger partial charge in [-0.1, -0.05) is 13.8 Å². The Morgan fingerprint density at radius 2 is 1.84 bits per heavy atom. The summed E-state index contributed by atoms with van der Waals surface area (Å²) in [6, 6.07) is 9.97. The lowest BCUT2D eigenvalue weighted by Gasteiger charge is -2.29. The van der Waals surface area contributed by atoms with Gasteiger partial charge in [-0.15, -0.1) is 0 Å². The van der Waals surface area contributed by atoms with E-state index in [0.717, 1.165) is 58.3 Å². The molecule has 4 aromatic heterocycles. The number of rotatable bonds is 8. The molecule has 4 rings (SSSR count). The smallest absolute Gasteiger partial charge is 0.156 e. The van der Waals surface area contributed by atoms with Gasteiger partial charge in [0.2, 0.25) is 0 Å². The third kappa shape index (κ3) is 4.35. The van der Waals surface area contributed by atoms with E-state index in [0.29, 0.717) is 6.54 Å². The lowest BCUT2D eigenvalue weighted by molar-refractivity contribution is 0.470. The van der Waals surface area contributed by atoms with Gasteiger partial charge in [-0.2, -0.15) is 0 Å². The monoisotopic (exact) mass is 416 g/mol. The SMILES string of the molecule is CCNc1ccc(-c2cc(NC[C@@](C)(CC)c3ccnc4cc(C)oc34)ncn2)cn1. The van der Waals surface area contributed by atoms with Crippen molar-refractivity contribution >= 4 is 22.7 Å². The summed E-state index contributed by atoms with van der Waals surface area (Å²) in [4.78, 5) is 17.7. The number of nitrogens with one attached hydrogen (secondary N) is 2. The Hall–Kier alpha value is -3.48. The number of hydrogen-bond donors (Lipinski definition) is 2. The number of nitrogens with zero attached hydrogens (tertiary/aromatic N) is 4. The second-order valence-corrected chi connectivity index (χ2v) is 7.95. The highest BCUT2D eigenvalue weighted by molar-refractivity contribution is 5.78. The van der Waals surface area contributed by atoms with Crippen LogP contribution in [0.25, 0.3) is 22.4 Å². The van der Waals surface area contributed by atoms with Crippen molar-refractivity contribution in [2.45, 2.75) is 39.5 Å². The van der Waals surface area contributed by atoms with Crippen LogP contribution in [0, 0.1) is 6.92 Å². The van der Waals surface area contributed by atoms with Crippen LogP contribution in [0.1, 0.15) is 38.5 Å². The number of hydrogen-bond acceptors (Lipinski definition) is 7. The molecular weight excluding hydrogens is 388 g/mol. The molecule has 0 radical (unpaired) electrons. The fourth-order valence-corrected chi connectivity index (χ4v) is 3.67. The molecule has 7 heteroatoms. The number of aromatic nitrogens is 4. The maximum atomic E-state index is 5.98. The highest BCUT2D eigenvalue weighted by Gasteiger charge is 2.28. The predicted molar refractivity (Wildman–Crippen MR) is 124 cm³/mol. The van der Waals surface area contributed by atoms with E-state index in [2.05, 4.69) is 50.5 Å². The van der Waals surface area contributed by atoms with Gasteiger partial charge in [-0.05, 0) is 38.5 Å². The standard InChI is InChI=1S/C24H28N6O/c1-5-24(4,18-9-10-26-20-11-16(3)31-23(18)20)14-28-22-12-19(29-15-30-22)17-7-8-21(25-6-2)27-13-17/h7-13,15H,5-6,14H2,1-4H3,(H,25,27)(H,28,29,30)/t24-/m1/s1. The van der Waals surface area contributed by atoms with Crippen LogP contribution >= 0.6 is 0 Å². The van der Waals surface area contributed by atoms with E-state index in [-0.39, 0.29) is 5.41 Å². The highest BCUT2D eigenvalue weighted by Crippen LogP contribution is 2.34. The molecule has 7 nitrogen and oxygen atoms in total. The van der Waals surface area contributed by atoms with Gasteiger partial charge in [0.25, 0.3) is 0 Å². The van der Waals surface area contributed by atoms with E-state index >= 15 is 0 Å². The van der Waals surface area contributed by atoms with Crippen molar-refractivity contribution in [1.82, 2.24) is 19.9 Å². The molecular formula is C24H28N6O. The molecule has 0 aliphatic heterocycles. The van der Waals surface area contributed by atoms with Crippen molar-refractivity contribution in [1.29, 1.82) is 0 Å². The van der Waals surface area contributed by atoms with Crippen molar-refractivity contribution in [3.05, 3.63) is 60.4 Å². The fraction of sp³-hybridized carbons (Fsp3) is 0.333. The first-order valence-electron chi connectivity index (χ1n) is 10.6. The molecule has 0 spiro atoms. The van der Waals surface area contributed by atoms with Crippen molar-refractivity contribution in [3.63, 3.8) is 0 Å². The molecule has 0 aliphatic carbocycles. The number of furan rings is 1. The summed E-state index contributed by atoms with van der Waals surface area (Å²) >= 11 is 0. The van der Waals surface area contributed by atoms with Crippen LogP contribution in [-0.4, -0.2) is 33.0 Å². The minimum absolute atomic E-state index is 0.147. The lowest BCUT2D eigenvalue weighted by Crippen LogP contribution is -2.31. The minimum Gasteiger partial charge on any atom is -0.459 e. The van der Waals surface area contributed by atoms with Crippen LogP contribution in [-0.2, 0) is 5.41 Å². The molecule has 4 heterocycles. The normalized spacial score (nSPS) is 13.2. The summed E-state index contributed by atoms with van der Waals surface area (Å²) in [6.07, 6.45) is 6.20. The zero-order valence-electron chi connectivity index (χ0n) is 18.4. The van der Waals surface area contributed by atoms with Crippen molar-refractivity contribution in [3.8, 4) is 11.3 Å². The first-order valence-corrected chi connectivity index (χ1v) is 10.6. The van der Waals surface area contributed by atoms with E-state index in [4.69, 9.17) is 4.42 Å². The highest BCUT2D eigenvalue weighted by atomic mass is 16.3. The summed E-state index contributed by atoms with van der Waals surface area (Å²) in [5, 5.41) is 6.70. The number of anilines is 2. The number of aryl methyl sites for hydroxylation is 1. The molecule has 0 bridgehead atoms. The largest absolute Gasteiger partial charge is 0.459 e. The molecule has 0 aliphatic rings. The van der Waals surface area contributed by atoms with Crippen LogP contribution in [0.15, 0.2) is 53.5 Å². The average Bonchev–Trinajstić information content (AvgIpc) is 3.18. The number of pyridine rings is 2. The zero-order chi connectivity index (χ0) is 21.8. The van der Waals surface area contributed by atoms with Gasteiger partial charge < -0.3 is 15.1 Å². The van der Waals surface area contributed by atoms with Crippen LogP contribution in [0.5, 0.6) is 0 Å². The summed E-state index contributed by atoms with van der Waals surface area (Å²) < 4.78 is 5.98. The van der Waals surface area contributed by atoms with E-state index in [9.17, 15) is 0 Å². The first-order chi connectivity index (χ1) is 15.0. The Bertz CT molecular complexity index is 1170. The maximum Gasteiger partial charge on any atom is 0.156 e. The van der Waals surface area contributed by atoms with Crippen LogP contribution in [0.4, 0.5) is 11.6 Å². The van der Waals surface area contributed by atoms with Crippen LogP contribution in [0.2, 0.25) is 0 Å². The predicted octanol–water partition coefficient (Wildman–Crippen LogP) is 5.20. The van der Waals surface area contributed by atoms with E-state index < -0.39 is 0 Å². The molecule has 0 aromatic carbocycles. The molecule has 2 N–H and O–H groups in total. The van der Waals surface area contributed by atoms with Gasteiger partial charge in [-0.25, -0.2) is 15.0 Å². The van der Waals surface area contributed by atoms with Gasteiger partial charge in [0, 0.05) is 54.2 Å². The molecule has 0 fully saturated rings. The lowest BCUT2D eigenvalue weighted by atomic mass is 9.80. The van der Waals surface area contributed by atoms with Crippen molar-refractivity contribution in [2.24, 2.45) is 0 Å². The van der Waals surface area contributed by atoms with Gasteiger partial charge >= 0.3 is 0 Å². The van der Waals surface area contributed by atoms with E-state index in [1.165, 1.54) is 0 Å². The molecule has 0 saturated carbocycles. The Labute approximate surface area is 182 Å². The Morgan fingerprint density at radius 1 is 0.968 bits per heavy atom. The average molecular weight is 417 g/mol. The Morgan fingerprint density at radius 3 is 2.58 bits per heavy atom. The van der Waals surface area contributed by atoms with E-state index in [1.54, 1.807) is 6.33 Å². The summed E-state index contributed by atoms with van der Waals surface area (Å²) in [7, 11) is 0. The third-order valence-electron chi connectivity index (χ3n) is 5.71. The summed E-state index contributed by atoms with van der Waals surface area (Å²) in [5.74, 6) is 2.51. The molecule has 0 unspecified atom stereocenters. The second-order valence-electron chi connectivity index (χ2n) is 7.95. The van der Waals surface area contributed by atoms with Gasteiger partial charge in [0.05, 0.1) is 5.69 Å². The second kappa shape index (κ2) is 8.71. The molecule has 31 heavy (non-hydrogen) atoms. The summed E-state index contributed by atoms with van der Waals surface area (Å²) in [6.45, 7) is 9.97. The first kappa shape index (κ1) is 20.8. The number of fused-ring (bicyclic) bond motifs is 1. The van der Waals surface area contributed by atoms with Gasteiger partial charge in [-0.3, -0.25) is 4.98 Å². The molecule has 4 aromatic rings. The topological polar surface area (TPSA) is 88.8 Å². The van der Waals surface area contributed by atoms with Crippen LogP contribution < -0.4 is 10.6 Å². The zero-order valence-corrected chi connectivity index (χ0v) is 18.4. The van der Waals surface area contributed by atoms with E-state index in [1.807, 2.05) is 50.5 Å². The van der Waals surface area contributed by atoms with Gasteiger partial charge in [0.1, 0.15) is 29.2 Å². The quantitative estimate of drug-likeness (QED) is 0.408. The van der Waals surface area contributed by atoms with Crippen molar-refractivity contribution in [2.75, 3.05) is 23.7 Å². The molecule has 0 amide bonds. The fourth-order valence-electron chi connectivity index (χ4n) is 3.67. The Balaban J connectivity index is 1.55. The minimum atomic E-state index is -0.147. The van der Waals surface area contributed by atoms with Crippen molar-refractivity contribution < 1.29 is 4.42 Å². The molecule has 0 saturated heterocycles. The van der Waals surface area contributed by atoms with Gasteiger partial charge in [0.15, 0.2) is 5.58 Å². The maximum absolute atomic E-state index is 5.98.